The van der Waals surface area contributed by atoms with E-state index < -0.39 is 40.9 Å². The van der Waals surface area contributed by atoms with E-state index in [1.165, 1.54) is 40.1 Å². The first-order valence-electron chi connectivity index (χ1n) is 14.6. The van der Waals surface area contributed by atoms with Crippen molar-refractivity contribution in [1.82, 2.24) is 15.1 Å². The number of rotatable bonds is 13. The summed E-state index contributed by atoms with van der Waals surface area (Å²) in [7, 11) is 1.61. The molecule has 15 heteroatoms. The van der Waals surface area contributed by atoms with Gasteiger partial charge < -0.3 is 19.9 Å². The summed E-state index contributed by atoms with van der Waals surface area (Å²) in [6.45, 7) is 3.42. The molecule has 0 aliphatic heterocycles. The van der Waals surface area contributed by atoms with Gasteiger partial charge >= 0.3 is 5.97 Å². The van der Waals surface area contributed by atoms with Gasteiger partial charge in [0.2, 0.25) is 12.2 Å². The number of carbonyl (C=O) groups excluding carboxylic acids is 2. The second-order valence-electron chi connectivity index (χ2n) is 10.9. The van der Waals surface area contributed by atoms with Gasteiger partial charge in [0.1, 0.15) is 17.9 Å². The number of carboxylic acid groups (broad SMARTS) is 1. The number of aromatic nitrogens is 2. The summed E-state index contributed by atoms with van der Waals surface area (Å²) in [6, 6.07) is 16.2. The lowest BCUT2D eigenvalue weighted by Crippen LogP contribution is -2.45. The van der Waals surface area contributed by atoms with Crippen LogP contribution in [0.5, 0.6) is 0 Å². The van der Waals surface area contributed by atoms with Gasteiger partial charge in [-0.25, -0.2) is 13.6 Å². The molecule has 0 radical (unpaired) electrons. The van der Waals surface area contributed by atoms with Crippen LogP contribution in [0.4, 0.5) is 26.0 Å². The highest BCUT2D eigenvalue weighted by atomic mass is 35.5. The number of halogens is 3. The predicted molar refractivity (Wildman–Crippen MR) is 186 cm³/mol. The number of hydrogen-bond acceptors (Lipinski definition) is 7. The summed E-state index contributed by atoms with van der Waals surface area (Å²) in [5, 5.41) is 17.4. The fraction of sp³-hybridized carbons (Fsp3) is 0.147. The molecule has 11 nitrogen and oxygen atoms in total. The van der Waals surface area contributed by atoms with E-state index in [-0.39, 0.29) is 51.9 Å². The van der Waals surface area contributed by atoms with Crippen LogP contribution >= 0.6 is 11.6 Å². The minimum atomic E-state index is -1.52. The van der Waals surface area contributed by atoms with Crippen LogP contribution < -0.4 is 14.9 Å². The standard InChI is InChI=1S/C34H29ClF2N6O5S/c1-38-28-15-20(24-6-4-5-7-25(24)34(46)47)8-9-26(28)33(45)43(17-23(39-18-44)14-19-12-21(36)16-22(37)13-19)29-11-10-27(35)30-31(29)42(2)40-32(30)41-49(3)48/h4-13,15-16,18,23H,1,14,17H2,2-3H3,(H,39,44)(H,40,41)(H,46,47). The van der Waals surface area contributed by atoms with Gasteiger partial charge in [0.25, 0.3) is 5.91 Å². The number of fused-ring (bicyclic) bond motifs is 1. The average molecular weight is 707 g/mol. The van der Waals surface area contributed by atoms with Gasteiger partial charge in [0.05, 0.1) is 55.8 Å². The third-order valence-electron chi connectivity index (χ3n) is 7.67. The summed E-state index contributed by atoms with van der Waals surface area (Å²) >= 11 is 5.07. The highest BCUT2D eigenvalue weighted by molar-refractivity contribution is 7.92. The number of nitrogens with zero attached hydrogens (tertiary/aromatic N) is 4. The van der Waals surface area contributed by atoms with Gasteiger partial charge in [-0.05, 0) is 72.3 Å². The van der Waals surface area contributed by atoms with Crippen molar-refractivity contribution >= 4 is 76.1 Å². The molecule has 0 bridgehead atoms. The molecule has 3 N–H and O–H groups in total. The number of nitrogens with one attached hydrogen (secondary N) is 2. The van der Waals surface area contributed by atoms with E-state index in [1.807, 2.05) is 0 Å². The Morgan fingerprint density at radius 3 is 2.49 bits per heavy atom. The number of carbonyl (C=O) groups is 3. The van der Waals surface area contributed by atoms with Crippen molar-refractivity contribution in [2.45, 2.75) is 12.5 Å². The summed E-state index contributed by atoms with van der Waals surface area (Å²) in [5.41, 5.74) is 2.02. The highest BCUT2D eigenvalue weighted by Crippen LogP contribution is 2.39. The van der Waals surface area contributed by atoms with Crippen LogP contribution in [-0.4, -0.2) is 63.3 Å². The fourth-order valence-corrected chi connectivity index (χ4v) is 6.32. The van der Waals surface area contributed by atoms with Gasteiger partial charge in [-0.3, -0.25) is 19.3 Å². The van der Waals surface area contributed by atoms with Crippen molar-refractivity contribution in [2.75, 3.05) is 22.4 Å². The molecule has 1 aromatic heterocycles. The van der Waals surface area contributed by atoms with Crippen LogP contribution in [0.3, 0.4) is 0 Å². The van der Waals surface area contributed by atoms with E-state index in [0.29, 0.717) is 28.4 Å². The van der Waals surface area contributed by atoms with E-state index in [9.17, 15) is 32.8 Å². The Morgan fingerprint density at radius 1 is 1.12 bits per heavy atom. The molecule has 0 saturated heterocycles. The van der Waals surface area contributed by atoms with Gasteiger partial charge in [-0.2, -0.15) is 4.72 Å². The van der Waals surface area contributed by atoms with Crippen LogP contribution in [0, 0.1) is 11.6 Å². The zero-order valence-corrected chi connectivity index (χ0v) is 27.7. The van der Waals surface area contributed by atoms with E-state index in [4.69, 9.17) is 11.6 Å². The van der Waals surface area contributed by atoms with Gasteiger partial charge in [-0.15, -0.1) is 5.10 Å². The summed E-state index contributed by atoms with van der Waals surface area (Å²) in [5.74, 6) is -3.15. The predicted octanol–water partition coefficient (Wildman–Crippen LogP) is 5.91. The van der Waals surface area contributed by atoms with Crippen LogP contribution in [0.1, 0.15) is 26.3 Å². The Balaban J connectivity index is 1.67. The van der Waals surface area contributed by atoms with Crippen LogP contribution in [0.2, 0.25) is 5.02 Å². The lowest BCUT2D eigenvalue weighted by atomic mass is 9.97. The summed E-state index contributed by atoms with van der Waals surface area (Å²) < 4.78 is 44.5. The molecular formula is C34H29ClF2N6O5S. The van der Waals surface area contributed by atoms with Crippen molar-refractivity contribution in [3.8, 4) is 11.1 Å². The van der Waals surface area contributed by atoms with Crippen LogP contribution in [0.25, 0.3) is 22.0 Å². The molecule has 4 aromatic carbocycles. The molecule has 0 fully saturated rings. The third kappa shape index (κ3) is 7.56. The normalized spacial score (nSPS) is 12.3. The maximum Gasteiger partial charge on any atom is 0.336 e. The molecule has 0 aliphatic rings. The van der Waals surface area contributed by atoms with Gasteiger partial charge in [0, 0.05) is 19.7 Å². The first-order chi connectivity index (χ1) is 23.4. The zero-order chi connectivity index (χ0) is 35.4. The molecule has 2 amide bonds. The molecular weight excluding hydrogens is 678 g/mol. The maximum absolute atomic E-state index is 14.7. The van der Waals surface area contributed by atoms with Crippen molar-refractivity contribution in [2.24, 2.45) is 12.0 Å². The fourth-order valence-electron chi connectivity index (χ4n) is 5.66. The number of aromatic carboxylic acids is 1. The first-order valence-corrected chi connectivity index (χ1v) is 16.5. The Kier molecular flexibility index (Phi) is 10.6. The lowest BCUT2D eigenvalue weighted by Gasteiger charge is -2.29. The van der Waals surface area contributed by atoms with Gasteiger partial charge in [-0.1, -0.05) is 35.9 Å². The topological polar surface area (TPSA) is 152 Å². The summed E-state index contributed by atoms with van der Waals surface area (Å²) in [4.78, 5) is 43.8. The van der Waals surface area contributed by atoms with E-state index in [1.54, 1.807) is 37.4 Å². The average Bonchev–Trinajstić information content (AvgIpc) is 3.38. The van der Waals surface area contributed by atoms with Crippen molar-refractivity contribution in [1.29, 1.82) is 0 Å². The van der Waals surface area contributed by atoms with Gasteiger partial charge in [0.15, 0.2) is 0 Å². The van der Waals surface area contributed by atoms with Crippen molar-refractivity contribution < 1.29 is 32.8 Å². The summed E-state index contributed by atoms with van der Waals surface area (Å²) in [6.07, 6.45) is 1.79. The maximum atomic E-state index is 14.7. The molecule has 0 aliphatic carbocycles. The number of anilines is 2. The van der Waals surface area contributed by atoms with Crippen LogP contribution in [0.15, 0.2) is 77.8 Å². The van der Waals surface area contributed by atoms with E-state index in [0.717, 1.165) is 18.2 Å². The largest absolute Gasteiger partial charge is 0.593 e. The second kappa shape index (κ2) is 14.8. The Bertz CT molecular complexity index is 2070. The molecule has 2 atom stereocenters. The highest BCUT2D eigenvalue weighted by Gasteiger charge is 2.29. The molecule has 252 valence electrons. The minimum absolute atomic E-state index is 0.0481. The lowest BCUT2D eigenvalue weighted by molar-refractivity contribution is -0.110. The number of hydrogen-bond donors (Lipinski definition) is 3. The molecule has 2 unspecified atom stereocenters. The van der Waals surface area contributed by atoms with Crippen molar-refractivity contribution in [3.63, 3.8) is 0 Å². The Labute approximate surface area is 287 Å². The first kappa shape index (κ1) is 35.0. The minimum Gasteiger partial charge on any atom is -0.593 e. The Morgan fingerprint density at radius 2 is 1.84 bits per heavy atom. The zero-order valence-electron chi connectivity index (χ0n) is 26.1. The number of aliphatic imine (C=N–C) groups is 1. The molecule has 5 rings (SSSR count). The van der Waals surface area contributed by atoms with Crippen LogP contribution in [-0.2, 0) is 29.6 Å². The number of carboxylic acids is 1. The number of benzene rings is 4. The second-order valence-corrected chi connectivity index (χ2v) is 12.5. The number of amides is 2. The Hall–Kier alpha value is -5.31. The molecule has 0 saturated carbocycles. The van der Waals surface area contributed by atoms with E-state index >= 15 is 0 Å². The molecule has 49 heavy (non-hydrogen) atoms. The molecule has 1 heterocycles. The smallest absolute Gasteiger partial charge is 0.336 e. The molecule has 5 aromatic rings. The molecule has 0 spiro atoms. The SMILES string of the molecule is C=Nc1cc(-c2ccccc2C(=O)O)ccc1C(=O)N(CC(Cc1cc(F)cc(F)c1)NC=O)c1ccc(Cl)c2c(N[S+](C)[O-])nn(C)c12. The monoisotopic (exact) mass is 706 g/mol. The third-order valence-corrected chi connectivity index (χ3v) is 8.47. The van der Waals surface area contributed by atoms with E-state index in [2.05, 4.69) is 26.8 Å². The number of aryl methyl sites for hydroxylation is 1. The quantitative estimate of drug-likeness (QED) is 0.0782. The van der Waals surface area contributed by atoms with Crippen molar-refractivity contribution in [3.05, 3.63) is 106 Å².